The van der Waals surface area contributed by atoms with E-state index < -0.39 is 0 Å². The molecule has 2 aromatic rings. The normalized spacial score (nSPS) is 16.3. The van der Waals surface area contributed by atoms with Crippen molar-refractivity contribution in [1.29, 1.82) is 0 Å². The smallest absolute Gasteiger partial charge is 0.241 e. The number of aryl methyl sites for hydroxylation is 1. The van der Waals surface area contributed by atoms with E-state index in [4.69, 9.17) is 0 Å². The van der Waals surface area contributed by atoms with Crippen LogP contribution in [0.5, 0.6) is 0 Å². The SMILES string of the molecule is Cc1cccc(NC(=O)CN(C)CC(=O)N2CC[C@@H](C)Sc3ccccc32)c1C. The zero-order valence-corrected chi connectivity index (χ0v) is 18.4. The lowest BCUT2D eigenvalue weighted by Gasteiger charge is -2.25. The first-order valence-electron chi connectivity index (χ1n) is 9.96. The maximum Gasteiger partial charge on any atom is 0.241 e. The zero-order chi connectivity index (χ0) is 21.0. The molecule has 1 aliphatic rings. The van der Waals surface area contributed by atoms with E-state index in [1.807, 2.05) is 74.0 Å². The summed E-state index contributed by atoms with van der Waals surface area (Å²) < 4.78 is 0. The highest BCUT2D eigenvalue weighted by molar-refractivity contribution is 8.00. The summed E-state index contributed by atoms with van der Waals surface area (Å²) in [5.41, 5.74) is 3.99. The molecule has 1 heterocycles. The van der Waals surface area contributed by atoms with Crippen LogP contribution in [0.1, 0.15) is 24.5 Å². The molecule has 0 bridgehead atoms. The second-order valence-electron chi connectivity index (χ2n) is 7.70. The molecule has 1 atom stereocenters. The third kappa shape index (κ3) is 5.40. The molecule has 1 N–H and O–H groups in total. The summed E-state index contributed by atoms with van der Waals surface area (Å²) in [5.74, 6) is -0.0939. The maximum atomic E-state index is 13.0. The Kier molecular flexibility index (Phi) is 6.98. The van der Waals surface area contributed by atoms with Crippen LogP contribution in [0, 0.1) is 13.8 Å². The van der Waals surface area contributed by atoms with E-state index in [-0.39, 0.29) is 24.9 Å². The Balaban J connectivity index is 1.62. The number of benzene rings is 2. The predicted molar refractivity (Wildman–Crippen MR) is 121 cm³/mol. The number of carbonyl (C=O) groups is 2. The van der Waals surface area contributed by atoms with Gasteiger partial charge in [0.1, 0.15) is 0 Å². The molecule has 6 heteroatoms. The van der Waals surface area contributed by atoms with Gasteiger partial charge >= 0.3 is 0 Å². The Bertz CT molecular complexity index is 899. The van der Waals surface area contributed by atoms with Crippen LogP contribution in [0.15, 0.2) is 47.4 Å². The number of hydrogen-bond donors (Lipinski definition) is 1. The monoisotopic (exact) mass is 411 g/mol. The number of amides is 2. The molecule has 0 fully saturated rings. The van der Waals surface area contributed by atoms with Gasteiger partial charge in [-0.25, -0.2) is 0 Å². The van der Waals surface area contributed by atoms with E-state index in [1.54, 1.807) is 4.90 Å². The topological polar surface area (TPSA) is 52.7 Å². The molecule has 0 aliphatic carbocycles. The Labute approximate surface area is 177 Å². The zero-order valence-electron chi connectivity index (χ0n) is 17.6. The van der Waals surface area contributed by atoms with E-state index in [2.05, 4.69) is 18.3 Å². The van der Waals surface area contributed by atoms with E-state index in [9.17, 15) is 9.59 Å². The molecule has 0 spiro atoms. The van der Waals surface area contributed by atoms with Gasteiger partial charge in [-0.05, 0) is 56.6 Å². The van der Waals surface area contributed by atoms with Gasteiger partial charge in [-0.1, -0.05) is 31.2 Å². The first kappa shape index (κ1) is 21.4. The molecular formula is C23H29N3O2S. The molecule has 5 nitrogen and oxygen atoms in total. The van der Waals surface area contributed by atoms with Gasteiger partial charge in [0.2, 0.25) is 11.8 Å². The number of carbonyl (C=O) groups excluding carboxylic acids is 2. The standard InChI is InChI=1S/C23H29N3O2S/c1-16-8-7-9-19(18(16)3)24-22(27)14-25(4)15-23(28)26-13-12-17(2)29-21-11-6-5-10-20(21)26/h5-11,17H,12-15H2,1-4H3,(H,24,27)/t17-/m1/s1. The van der Waals surface area contributed by atoms with Crippen molar-refractivity contribution in [3.63, 3.8) is 0 Å². The number of rotatable bonds is 5. The van der Waals surface area contributed by atoms with Gasteiger partial charge in [0.05, 0.1) is 18.8 Å². The summed E-state index contributed by atoms with van der Waals surface area (Å²) in [6.07, 6.45) is 0.946. The summed E-state index contributed by atoms with van der Waals surface area (Å²) in [6, 6.07) is 13.9. The van der Waals surface area contributed by atoms with Crippen LogP contribution < -0.4 is 10.2 Å². The van der Waals surface area contributed by atoms with Gasteiger partial charge in [-0.2, -0.15) is 0 Å². The Morgan fingerprint density at radius 3 is 2.69 bits per heavy atom. The average Bonchev–Trinajstić information content (AvgIpc) is 2.83. The molecule has 0 saturated carbocycles. The molecule has 154 valence electrons. The summed E-state index contributed by atoms with van der Waals surface area (Å²) in [5, 5.41) is 3.42. The van der Waals surface area contributed by atoms with Gasteiger partial charge in [0.25, 0.3) is 0 Å². The number of fused-ring (bicyclic) bond motifs is 1. The number of nitrogens with one attached hydrogen (secondary N) is 1. The van der Waals surface area contributed by atoms with Crippen molar-refractivity contribution in [3.8, 4) is 0 Å². The third-order valence-corrected chi connectivity index (χ3v) is 6.48. The molecule has 0 saturated heterocycles. The minimum Gasteiger partial charge on any atom is -0.325 e. The van der Waals surface area contributed by atoms with Crippen molar-refractivity contribution in [2.24, 2.45) is 0 Å². The largest absolute Gasteiger partial charge is 0.325 e. The van der Waals surface area contributed by atoms with Crippen molar-refractivity contribution >= 4 is 35.0 Å². The molecular weight excluding hydrogens is 382 g/mol. The van der Waals surface area contributed by atoms with Gasteiger partial charge in [0, 0.05) is 22.4 Å². The van der Waals surface area contributed by atoms with E-state index in [1.165, 1.54) is 0 Å². The van der Waals surface area contributed by atoms with Gasteiger partial charge in [-0.15, -0.1) is 11.8 Å². The Morgan fingerprint density at radius 1 is 1.14 bits per heavy atom. The fourth-order valence-electron chi connectivity index (χ4n) is 3.44. The minimum atomic E-state index is -0.116. The highest BCUT2D eigenvalue weighted by atomic mass is 32.2. The maximum absolute atomic E-state index is 13.0. The van der Waals surface area contributed by atoms with Crippen LogP contribution in [0.4, 0.5) is 11.4 Å². The van der Waals surface area contributed by atoms with Crippen LogP contribution in [-0.2, 0) is 9.59 Å². The van der Waals surface area contributed by atoms with Crippen molar-refractivity contribution in [2.75, 3.05) is 36.9 Å². The van der Waals surface area contributed by atoms with Crippen molar-refractivity contribution in [1.82, 2.24) is 4.90 Å². The molecule has 2 aromatic carbocycles. The van der Waals surface area contributed by atoms with E-state index >= 15 is 0 Å². The molecule has 0 radical (unpaired) electrons. The molecule has 29 heavy (non-hydrogen) atoms. The molecule has 1 aliphatic heterocycles. The average molecular weight is 412 g/mol. The lowest BCUT2D eigenvalue weighted by Crippen LogP contribution is -2.42. The van der Waals surface area contributed by atoms with Gasteiger partial charge < -0.3 is 10.2 Å². The second kappa shape index (κ2) is 9.46. The van der Waals surface area contributed by atoms with Crippen molar-refractivity contribution in [3.05, 3.63) is 53.6 Å². The first-order chi connectivity index (χ1) is 13.8. The summed E-state index contributed by atoms with van der Waals surface area (Å²) in [6.45, 7) is 7.28. The van der Waals surface area contributed by atoms with Crippen LogP contribution >= 0.6 is 11.8 Å². The van der Waals surface area contributed by atoms with Crippen LogP contribution in [-0.4, -0.2) is 48.6 Å². The third-order valence-electron chi connectivity index (χ3n) is 5.24. The lowest BCUT2D eigenvalue weighted by molar-refractivity contribution is -0.121. The predicted octanol–water partition coefficient (Wildman–Crippen LogP) is 4.09. The number of nitrogens with zero attached hydrogens (tertiary/aromatic N) is 2. The number of likely N-dealkylation sites (N-methyl/N-ethyl adjacent to an activating group) is 1. The van der Waals surface area contributed by atoms with Crippen molar-refractivity contribution < 1.29 is 9.59 Å². The molecule has 0 unspecified atom stereocenters. The van der Waals surface area contributed by atoms with Crippen LogP contribution in [0.2, 0.25) is 0 Å². The second-order valence-corrected chi connectivity index (χ2v) is 9.18. The lowest BCUT2D eigenvalue weighted by atomic mass is 10.1. The fraction of sp³-hybridized carbons (Fsp3) is 0.391. The highest BCUT2D eigenvalue weighted by Gasteiger charge is 2.25. The fourth-order valence-corrected chi connectivity index (χ4v) is 4.55. The molecule has 3 rings (SSSR count). The first-order valence-corrected chi connectivity index (χ1v) is 10.8. The summed E-state index contributed by atoms with van der Waals surface area (Å²) in [7, 11) is 1.81. The number of thioether (sulfide) groups is 1. The van der Waals surface area contributed by atoms with Crippen LogP contribution in [0.25, 0.3) is 0 Å². The minimum absolute atomic E-state index is 0.0224. The summed E-state index contributed by atoms with van der Waals surface area (Å²) in [4.78, 5) is 30.2. The van der Waals surface area contributed by atoms with E-state index in [0.29, 0.717) is 11.8 Å². The number of para-hydroxylation sites is 1. The quantitative estimate of drug-likeness (QED) is 0.805. The number of hydrogen-bond acceptors (Lipinski definition) is 4. The summed E-state index contributed by atoms with van der Waals surface area (Å²) >= 11 is 1.82. The molecule has 0 aromatic heterocycles. The van der Waals surface area contributed by atoms with Gasteiger partial charge in [0.15, 0.2) is 0 Å². The molecule has 2 amide bonds. The Hall–Kier alpha value is -2.31. The Morgan fingerprint density at radius 2 is 1.90 bits per heavy atom. The highest BCUT2D eigenvalue weighted by Crippen LogP contribution is 2.37. The van der Waals surface area contributed by atoms with E-state index in [0.717, 1.165) is 33.8 Å². The number of anilines is 2. The van der Waals surface area contributed by atoms with Crippen LogP contribution in [0.3, 0.4) is 0 Å². The van der Waals surface area contributed by atoms with Crippen molar-refractivity contribution in [2.45, 2.75) is 37.3 Å². The van der Waals surface area contributed by atoms with Gasteiger partial charge in [-0.3, -0.25) is 14.5 Å².